The Hall–Kier alpha value is -2.20. The molecule has 1 heterocycles. The van der Waals surface area contributed by atoms with Gasteiger partial charge in [0, 0.05) is 18.8 Å². The highest BCUT2D eigenvalue weighted by Gasteiger charge is 2.20. The Labute approximate surface area is 146 Å². The zero-order chi connectivity index (χ0) is 17.2. The number of carbonyl (C=O) groups is 1. The van der Waals surface area contributed by atoms with E-state index >= 15 is 0 Å². The predicted molar refractivity (Wildman–Crippen MR) is 96.8 cm³/mol. The summed E-state index contributed by atoms with van der Waals surface area (Å²) in [6.07, 6.45) is 7.62. The summed E-state index contributed by atoms with van der Waals surface area (Å²) >= 11 is 1.50. The summed E-state index contributed by atoms with van der Waals surface area (Å²) < 4.78 is 0. The molecule has 0 aliphatic heterocycles. The van der Waals surface area contributed by atoms with Gasteiger partial charge in [0.1, 0.15) is 11.1 Å². The largest absolute Gasteiger partial charge is 0.346 e. The summed E-state index contributed by atoms with van der Waals surface area (Å²) in [5, 5.41) is 20.6. The molecule has 126 valence electrons. The van der Waals surface area contributed by atoms with Crippen molar-refractivity contribution in [2.75, 3.05) is 5.88 Å². The van der Waals surface area contributed by atoms with Gasteiger partial charge in [-0.25, -0.2) is 0 Å². The smallest absolute Gasteiger partial charge is 0.226 e. The van der Waals surface area contributed by atoms with E-state index in [0.717, 1.165) is 17.9 Å². The van der Waals surface area contributed by atoms with E-state index in [1.807, 2.05) is 6.07 Å². The lowest BCUT2D eigenvalue weighted by Crippen LogP contribution is -2.27. The number of aromatic nitrogens is 1. The molecule has 1 aromatic heterocycles. The first kappa shape index (κ1) is 18.1. The second-order valence-corrected chi connectivity index (χ2v) is 6.59. The molecule has 0 atom stereocenters. The Balaban J connectivity index is 1.83. The number of nitrogens with zero attached hydrogens (tertiary/aromatic N) is 4. The van der Waals surface area contributed by atoms with Gasteiger partial charge < -0.3 is 5.32 Å². The number of hydrogen-bond acceptors (Lipinski definition) is 6. The van der Waals surface area contributed by atoms with E-state index in [0.29, 0.717) is 23.1 Å². The number of nitrogens with one attached hydrogen (secondary N) is 1. The van der Waals surface area contributed by atoms with Gasteiger partial charge in [0.2, 0.25) is 5.91 Å². The Bertz CT molecular complexity index is 647. The third kappa shape index (κ3) is 5.46. The molecule has 1 fully saturated rings. The SMILES string of the molecule is C=N/N=C(\SCNC(=O)Cc1ncccc1C#N)C1CCCCC1. The molecule has 1 aliphatic carbocycles. The van der Waals surface area contributed by atoms with Gasteiger partial charge in [-0.3, -0.25) is 9.78 Å². The first-order valence-corrected chi connectivity index (χ1v) is 9.00. The third-order valence-electron chi connectivity index (χ3n) is 3.95. The van der Waals surface area contributed by atoms with Crippen LogP contribution in [0.15, 0.2) is 28.5 Å². The fraction of sp³-hybridized carbons (Fsp3) is 0.471. The molecule has 1 aromatic rings. The number of hydrogen-bond donors (Lipinski definition) is 1. The van der Waals surface area contributed by atoms with Crippen molar-refractivity contribution < 1.29 is 4.79 Å². The van der Waals surface area contributed by atoms with Crippen LogP contribution >= 0.6 is 11.8 Å². The maximum absolute atomic E-state index is 12.0. The van der Waals surface area contributed by atoms with Crippen molar-refractivity contribution in [2.24, 2.45) is 16.1 Å². The van der Waals surface area contributed by atoms with Crippen molar-refractivity contribution >= 4 is 29.4 Å². The van der Waals surface area contributed by atoms with Gasteiger partial charge in [0.25, 0.3) is 0 Å². The van der Waals surface area contributed by atoms with Crippen LogP contribution in [0.2, 0.25) is 0 Å². The van der Waals surface area contributed by atoms with Crippen LogP contribution in [0.5, 0.6) is 0 Å². The van der Waals surface area contributed by atoms with Crippen LogP contribution in [0.4, 0.5) is 0 Å². The number of amides is 1. The van der Waals surface area contributed by atoms with Gasteiger partial charge in [0.05, 0.1) is 23.6 Å². The van der Waals surface area contributed by atoms with Gasteiger partial charge >= 0.3 is 0 Å². The van der Waals surface area contributed by atoms with E-state index in [9.17, 15) is 4.79 Å². The molecular formula is C17H21N5OS. The fourth-order valence-electron chi connectivity index (χ4n) is 2.73. The maximum Gasteiger partial charge on any atom is 0.226 e. The topological polar surface area (TPSA) is 90.5 Å². The van der Waals surface area contributed by atoms with Gasteiger partial charge in [-0.15, -0.1) is 5.10 Å². The molecule has 1 aliphatic rings. The minimum absolute atomic E-state index is 0.0971. The molecule has 6 nitrogen and oxygen atoms in total. The van der Waals surface area contributed by atoms with Crippen LogP contribution in [-0.4, -0.2) is 28.5 Å². The molecule has 0 saturated heterocycles. The Kier molecular flexibility index (Phi) is 7.43. The maximum atomic E-state index is 12.0. The highest BCUT2D eigenvalue weighted by atomic mass is 32.2. The van der Waals surface area contributed by atoms with Gasteiger partial charge in [-0.05, 0) is 25.0 Å². The summed E-state index contributed by atoms with van der Waals surface area (Å²) in [5.74, 6) is 0.692. The van der Waals surface area contributed by atoms with E-state index in [4.69, 9.17) is 5.26 Å². The minimum Gasteiger partial charge on any atom is -0.346 e. The van der Waals surface area contributed by atoms with Crippen LogP contribution in [-0.2, 0) is 11.2 Å². The van der Waals surface area contributed by atoms with Crippen molar-refractivity contribution in [2.45, 2.75) is 38.5 Å². The van der Waals surface area contributed by atoms with E-state index in [1.54, 1.807) is 18.3 Å². The molecule has 0 unspecified atom stereocenters. The summed E-state index contributed by atoms with van der Waals surface area (Å²) in [7, 11) is 0. The molecule has 0 radical (unpaired) electrons. The number of pyridine rings is 1. The van der Waals surface area contributed by atoms with E-state index in [-0.39, 0.29) is 12.3 Å². The van der Waals surface area contributed by atoms with Crippen molar-refractivity contribution in [1.29, 1.82) is 5.26 Å². The minimum atomic E-state index is -0.160. The second-order valence-electron chi connectivity index (χ2n) is 5.59. The molecule has 1 saturated carbocycles. The molecule has 0 spiro atoms. The standard InChI is InChI=1S/C17H21N5OS/c1-19-22-17(13-6-3-2-4-7-13)24-12-21-16(23)10-15-14(11-18)8-5-9-20-15/h5,8-9,13H,1-4,6-7,10,12H2,(H,21,23)/b22-17-. The van der Waals surface area contributed by atoms with Crippen LogP contribution < -0.4 is 5.32 Å². The van der Waals surface area contributed by atoms with Crippen LogP contribution in [0.1, 0.15) is 43.4 Å². The van der Waals surface area contributed by atoms with Gasteiger partial charge in [-0.1, -0.05) is 31.0 Å². The van der Waals surface area contributed by atoms with E-state index in [1.165, 1.54) is 31.0 Å². The first-order chi connectivity index (χ1) is 11.7. The zero-order valence-electron chi connectivity index (χ0n) is 13.6. The van der Waals surface area contributed by atoms with E-state index in [2.05, 4.69) is 27.2 Å². The number of rotatable bonds is 6. The highest BCUT2D eigenvalue weighted by molar-refractivity contribution is 8.13. The second kappa shape index (κ2) is 9.83. The Morgan fingerprint density at radius 1 is 1.46 bits per heavy atom. The lowest BCUT2D eigenvalue weighted by molar-refractivity contribution is -0.120. The number of carbonyl (C=O) groups excluding carboxylic acids is 1. The van der Waals surface area contributed by atoms with Crippen LogP contribution in [0, 0.1) is 17.2 Å². The zero-order valence-corrected chi connectivity index (χ0v) is 14.4. The van der Waals surface area contributed by atoms with Crippen LogP contribution in [0.25, 0.3) is 0 Å². The normalized spacial score (nSPS) is 15.5. The quantitative estimate of drug-likeness (QED) is 0.372. The van der Waals surface area contributed by atoms with Crippen LogP contribution in [0.3, 0.4) is 0 Å². The van der Waals surface area contributed by atoms with Crippen molar-refractivity contribution in [3.8, 4) is 6.07 Å². The molecule has 0 bridgehead atoms. The molecule has 2 rings (SSSR count). The average Bonchev–Trinajstić information content (AvgIpc) is 2.62. The first-order valence-electron chi connectivity index (χ1n) is 8.01. The lowest BCUT2D eigenvalue weighted by Gasteiger charge is -2.22. The van der Waals surface area contributed by atoms with Gasteiger partial charge in [-0.2, -0.15) is 10.4 Å². The van der Waals surface area contributed by atoms with Crippen molar-refractivity contribution in [1.82, 2.24) is 10.3 Å². The Morgan fingerprint density at radius 2 is 2.25 bits per heavy atom. The fourth-order valence-corrected chi connectivity index (χ4v) is 3.70. The average molecular weight is 343 g/mol. The summed E-state index contributed by atoms with van der Waals surface area (Å²) in [6.45, 7) is 3.44. The monoisotopic (exact) mass is 343 g/mol. The summed E-state index contributed by atoms with van der Waals surface area (Å²) in [4.78, 5) is 16.1. The molecule has 7 heteroatoms. The lowest BCUT2D eigenvalue weighted by atomic mass is 9.90. The molecule has 1 N–H and O–H groups in total. The Morgan fingerprint density at radius 3 is 2.96 bits per heavy atom. The molecule has 24 heavy (non-hydrogen) atoms. The van der Waals surface area contributed by atoms with Crippen molar-refractivity contribution in [3.05, 3.63) is 29.6 Å². The molecular weight excluding hydrogens is 322 g/mol. The number of thioether (sulfide) groups is 1. The third-order valence-corrected chi connectivity index (χ3v) is 4.95. The van der Waals surface area contributed by atoms with Gasteiger partial charge in [0.15, 0.2) is 0 Å². The predicted octanol–water partition coefficient (Wildman–Crippen LogP) is 2.90. The summed E-state index contributed by atoms with van der Waals surface area (Å²) in [6, 6.07) is 5.40. The van der Waals surface area contributed by atoms with E-state index < -0.39 is 0 Å². The molecule has 1 amide bonds. The molecule has 0 aromatic carbocycles. The summed E-state index contributed by atoms with van der Waals surface area (Å²) in [5.41, 5.74) is 0.928. The number of nitriles is 1. The van der Waals surface area contributed by atoms with Crippen molar-refractivity contribution in [3.63, 3.8) is 0 Å². The highest BCUT2D eigenvalue weighted by Crippen LogP contribution is 2.29.